The summed E-state index contributed by atoms with van der Waals surface area (Å²) < 4.78 is 42.5. The molecule has 1 aromatic carbocycles. The van der Waals surface area contributed by atoms with Crippen molar-refractivity contribution in [2.45, 2.75) is 26.9 Å². The average Bonchev–Trinajstić information content (AvgIpc) is 3.08. The molecule has 29 heavy (non-hydrogen) atoms. The number of fused-ring (bicyclic) bond motifs is 1. The van der Waals surface area contributed by atoms with Crippen LogP contribution in [0.4, 0.5) is 13.2 Å². The zero-order chi connectivity index (χ0) is 20.9. The molecule has 0 aliphatic carbocycles. The lowest BCUT2D eigenvalue weighted by Gasteiger charge is -2.17. The Morgan fingerprint density at radius 3 is 2.31 bits per heavy atom. The number of nitrogens with zero attached hydrogens (tertiary/aromatic N) is 3. The second-order valence-electron chi connectivity index (χ2n) is 6.91. The molecular formula is C21H17F3N4O. The van der Waals surface area contributed by atoms with Crippen LogP contribution in [-0.4, -0.2) is 25.0 Å². The summed E-state index contributed by atoms with van der Waals surface area (Å²) in [5.74, 6) is 0.501. The van der Waals surface area contributed by atoms with Gasteiger partial charge in [0.25, 0.3) is 0 Å². The number of aromatic nitrogens is 4. The molecule has 4 rings (SSSR count). The number of alkyl halides is 3. The van der Waals surface area contributed by atoms with E-state index in [9.17, 15) is 18.3 Å². The first-order valence-electron chi connectivity index (χ1n) is 8.84. The van der Waals surface area contributed by atoms with Gasteiger partial charge in [-0.2, -0.15) is 13.2 Å². The lowest BCUT2D eigenvalue weighted by molar-refractivity contribution is -0.135. The first kappa shape index (κ1) is 18.9. The zero-order valence-corrected chi connectivity index (χ0v) is 15.9. The Kier molecular flexibility index (Phi) is 4.29. The number of rotatable bonds is 2. The van der Waals surface area contributed by atoms with Crippen LogP contribution in [0.2, 0.25) is 0 Å². The van der Waals surface area contributed by atoms with Gasteiger partial charge in [-0.1, -0.05) is 6.07 Å². The highest BCUT2D eigenvalue weighted by Gasteiger charge is 2.37. The van der Waals surface area contributed by atoms with E-state index in [0.29, 0.717) is 33.8 Å². The number of aromatic amines is 1. The summed E-state index contributed by atoms with van der Waals surface area (Å²) in [4.78, 5) is 15.3. The molecule has 148 valence electrons. The SMILES string of the molecule is Cc1ncc(-c2cc3c(C(F)(F)F)c(-c4c(C)ccc(O)c4C)cnc3[nH]2)cn1. The van der Waals surface area contributed by atoms with Crippen LogP contribution in [0, 0.1) is 20.8 Å². The number of nitrogens with one attached hydrogen (secondary N) is 1. The Bertz CT molecular complexity index is 1230. The van der Waals surface area contributed by atoms with E-state index in [1.807, 2.05) is 0 Å². The first-order chi connectivity index (χ1) is 13.7. The summed E-state index contributed by atoms with van der Waals surface area (Å²) in [6.07, 6.45) is -0.328. The number of aromatic hydroxyl groups is 1. The van der Waals surface area contributed by atoms with E-state index in [1.54, 1.807) is 39.2 Å². The molecule has 0 saturated carbocycles. The van der Waals surface area contributed by atoms with Gasteiger partial charge in [-0.15, -0.1) is 0 Å². The number of halogens is 3. The van der Waals surface area contributed by atoms with Gasteiger partial charge in [0, 0.05) is 35.1 Å². The highest BCUT2D eigenvalue weighted by Crippen LogP contribution is 2.44. The van der Waals surface area contributed by atoms with Crippen molar-refractivity contribution in [1.82, 2.24) is 19.9 Å². The molecule has 0 unspecified atom stereocenters. The Morgan fingerprint density at radius 1 is 0.966 bits per heavy atom. The molecule has 0 amide bonds. The molecule has 3 heterocycles. The highest BCUT2D eigenvalue weighted by atomic mass is 19.4. The van der Waals surface area contributed by atoms with E-state index >= 15 is 0 Å². The standard InChI is InChI=1S/C21H17F3N4O/c1-10-4-5-17(29)11(2)18(10)15-9-27-20-14(19(15)21(22,23)24)6-16(28-20)13-7-25-12(3)26-8-13/h4-9,29H,1-3H3,(H,27,28). The molecule has 5 nitrogen and oxygen atoms in total. The smallest absolute Gasteiger partial charge is 0.417 e. The van der Waals surface area contributed by atoms with Gasteiger partial charge in [-0.25, -0.2) is 15.0 Å². The number of pyridine rings is 1. The van der Waals surface area contributed by atoms with Crippen LogP contribution in [0.15, 0.2) is 36.8 Å². The van der Waals surface area contributed by atoms with Crippen LogP contribution in [0.25, 0.3) is 33.4 Å². The maximum Gasteiger partial charge on any atom is 0.417 e. The van der Waals surface area contributed by atoms with Gasteiger partial charge >= 0.3 is 6.18 Å². The van der Waals surface area contributed by atoms with Crippen LogP contribution in [0.5, 0.6) is 5.75 Å². The number of aryl methyl sites for hydroxylation is 2. The summed E-state index contributed by atoms with van der Waals surface area (Å²) in [5, 5.41) is 10.00. The summed E-state index contributed by atoms with van der Waals surface area (Å²) in [5.41, 5.74) is 1.58. The molecule has 0 aliphatic rings. The van der Waals surface area contributed by atoms with Crippen molar-refractivity contribution >= 4 is 11.0 Å². The fourth-order valence-electron chi connectivity index (χ4n) is 3.51. The van der Waals surface area contributed by atoms with Crippen LogP contribution in [-0.2, 0) is 6.18 Å². The van der Waals surface area contributed by atoms with Gasteiger partial charge in [-0.3, -0.25) is 0 Å². The number of benzene rings is 1. The zero-order valence-electron chi connectivity index (χ0n) is 15.9. The Hall–Kier alpha value is -3.42. The lowest BCUT2D eigenvalue weighted by Crippen LogP contribution is -2.09. The molecule has 0 aliphatic heterocycles. The minimum absolute atomic E-state index is 0.0484. The van der Waals surface area contributed by atoms with E-state index in [0.717, 1.165) is 0 Å². The van der Waals surface area contributed by atoms with Gasteiger partial charge in [-0.05, 0) is 49.6 Å². The van der Waals surface area contributed by atoms with Crippen molar-refractivity contribution < 1.29 is 18.3 Å². The van der Waals surface area contributed by atoms with Gasteiger partial charge < -0.3 is 10.1 Å². The van der Waals surface area contributed by atoms with Gasteiger partial charge in [0.05, 0.1) is 11.3 Å². The van der Waals surface area contributed by atoms with Crippen molar-refractivity contribution in [2.24, 2.45) is 0 Å². The van der Waals surface area contributed by atoms with Crippen molar-refractivity contribution in [3.8, 4) is 28.1 Å². The molecule has 0 bridgehead atoms. The maximum absolute atomic E-state index is 14.2. The van der Waals surface area contributed by atoms with Crippen LogP contribution >= 0.6 is 0 Å². The predicted octanol–water partition coefficient (Wildman–Crippen LogP) is 5.34. The molecule has 0 saturated heterocycles. The van der Waals surface area contributed by atoms with E-state index in [2.05, 4.69) is 19.9 Å². The second kappa shape index (κ2) is 6.58. The van der Waals surface area contributed by atoms with Crippen LogP contribution in [0.1, 0.15) is 22.5 Å². The molecule has 8 heteroatoms. The Morgan fingerprint density at radius 2 is 1.66 bits per heavy atom. The fraction of sp³-hybridized carbons (Fsp3) is 0.190. The molecule has 0 fully saturated rings. The summed E-state index contributed by atoms with van der Waals surface area (Å²) in [6, 6.07) is 4.48. The third-order valence-electron chi connectivity index (χ3n) is 4.95. The maximum atomic E-state index is 14.2. The number of hydrogen-bond donors (Lipinski definition) is 2. The van der Waals surface area contributed by atoms with Gasteiger partial charge in [0.15, 0.2) is 0 Å². The largest absolute Gasteiger partial charge is 0.508 e. The van der Waals surface area contributed by atoms with Crippen molar-refractivity contribution in [3.05, 3.63) is 59.3 Å². The van der Waals surface area contributed by atoms with Crippen molar-refractivity contribution in [2.75, 3.05) is 0 Å². The van der Waals surface area contributed by atoms with E-state index in [1.165, 1.54) is 18.3 Å². The molecule has 4 aromatic rings. The number of H-pyrrole nitrogens is 1. The van der Waals surface area contributed by atoms with Crippen LogP contribution in [0.3, 0.4) is 0 Å². The fourth-order valence-corrected chi connectivity index (χ4v) is 3.51. The summed E-state index contributed by atoms with van der Waals surface area (Å²) in [6.45, 7) is 5.02. The topological polar surface area (TPSA) is 74.7 Å². The molecular weight excluding hydrogens is 381 g/mol. The first-order valence-corrected chi connectivity index (χ1v) is 8.84. The third-order valence-corrected chi connectivity index (χ3v) is 4.95. The molecule has 0 spiro atoms. The Labute approximate surface area is 164 Å². The normalized spacial score (nSPS) is 11.9. The van der Waals surface area contributed by atoms with Gasteiger partial charge in [0.2, 0.25) is 0 Å². The molecule has 3 aromatic heterocycles. The molecule has 0 radical (unpaired) electrons. The third kappa shape index (κ3) is 3.20. The lowest BCUT2D eigenvalue weighted by atomic mass is 9.91. The van der Waals surface area contributed by atoms with Crippen molar-refractivity contribution in [1.29, 1.82) is 0 Å². The van der Waals surface area contributed by atoms with Crippen molar-refractivity contribution in [3.63, 3.8) is 0 Å². The monoisotopic (exact) mass is 398 g/mol. The van der Waals surface area contributed by atoms with E-state index in [4.69, 9.17) is 0 Å². The summed E-state index contributed by atoms with van der Waals surface area (Å²) >= 11 is 0. The quantitative estimate of drug-likeness (QED) is 0.478. The second-order valence-corrected chi connectivity index (χ2v) is 6.91. The predicted molar refractivity (Wildman–Crippen MR) is 103 cm³/mol. The minimum atomic E-state index is -4.62. The molecule has 0 atom stereocenters. The number of hydrogen-bond acceptors (Lipinski definition) is 4. The van der Waals surface area contributed by atoms with Gasteiger partial charge in [0.1, 0.15) is 17.2 Å². The highest BCUT2D eigenvalue weighted by molar-refractivity contribution is 5.92. The Balaban J connectivity index is 2.03. The summed E-state index contributed by atoms with van der Waals surface area (Å²) in [7, 11) is 0. The minimum Gasteiger partial charge on any atom is -0.508 e. The van der Waals surface area contributed by atoms with Crippen LogP contribution < -0.4 is 0 Å². The molecule has 2 N–H and O–H groups in total. The number of phenols is 1. The van der Waals surface area contributed by atoms with E-state index < -0.39 is 11.7 Å². The number of phenolic OH excluding ortho intramolecular Hbond substituents is 1. The van der Waals surface area contributed by atoms with E-state index in [-0.39, 0.29) is 22.3 Å². The average molecular weight is 398 g/mol.